The van der Waals surface area contributed by atoms with Gasteiger partial charge < -0.3 is 0 Å². The minimum atomic E-state index is -6.29. The molecule has 0 aliphatic carbocycles. The first-order chi connectivity index (χ1) is 6.06. The zero-order valence-electron chi connectivity index (χ0n) is 6.58. The highest BCUT2D eigenvalue weighted by molar-refractivity contribution is 5.10. The summed E-state index contributed by atoms with van der Waals surface area (Å²) in [4.78, 5) is 0. The molecule has 0 atom stereocenters. The van der Waals surface area contributed by atoms with Crippen molar-refractivity contribution >= 4 is 0 Å². The minimum absolute atomic E-state index is 0.319. The van der Waals surface area contributed by atoms with E-state index in [0.717, 1.165) is 0 Å². The molecule has 14 heavy (non-hydrogen) atoms. The third-order valence-corrected chi connectivity index (χ3v) is 1.22. The van der Waals surface area contributed by atoms with Gasteiger partial charge in [-0.15, -0.1) is 0 Å². The predicted octanol–water partition coefficient (Wildman–Crippen LogP) is 3.56. The molecular weight excluding hydrogens is 217 g/mol. The van der Waals surface area contributed by atoms with Gasteiger partial charge in [0.25, 0.3) is 0 Å². The number of halogens is 7. The largest absolute Gasteiger partial charge is 0.460 e. The maximum atomic E-state index is 12.3. The Morgan fingerprint density at radius 1 is 0.857 bits per heavy atom. The summed E-state index contributed by atoms with van der Waals surface area (Å²) in [5.41, 5.74) is 0. The highest BCUT2D eigenvalue weighted by Crippen LogP contribution is 2.46. The average molecular weight is 222 g/mol. The molecule has 0 unspecified atom stereocenters. The number of hydrogen-bond donors (Lipinski definition) is 0. The van der Waals surface area contributed by atoms with Gasteiger partial charge in [-0.2, -0.15) is 30.7 Å². The van der Waals surface area contributed by atoms with Crippen LogP contribution in [0.2, 0.25) is 0 Å². The molecular formula is C7H5F7. The lowest BCUT2D eigenvalue weighted by atomic mass is 10.1. The van der Waals surface area contributed by atoms with Crippen LogP contribution in [0.25, 0.3) is 0 Å². The second-order valence-electron chi connectivity index (χ2n) is 2.29. The molecule has 0 aliphatic rings. The van der Waals surface area contributed by atoms with E-state index in [4.69, 9.17) is 0 Å². The van der Waals surface area contributed by atoms with Gasteiger partial charge >= 0.3 is 18.0 Å². The molecule has 0 fully saturated rings. The Morgan fingerprint density at radius 2 is 1.29 bits per heavy atom. The molecule has 0 saturated carbocycles. The first-order valence-corrected chi connectivity index (χ1v) is 3.19. The van der Waals surface area contributed by atoms with Gasteiger partial charge in [-0.25, -0.2) is 0 Å². The topological polar surface area (TPSA) is 0 Å². The van der Waals surface area contributed by atoms with Gasteiger partial charge in [0, 0.05) is 0 Å². The molecule has 0 rings (SSSR count). The van der Waals surface area contributed by atoms with Gasteiger partial charge in [0.1, 0.15) is 0 Å². The lowest BCUT2D eigenvalue weighted by Crippen LogP contribution is -2.50. The summed E-state index contributed by atoms with van der Waals surface area (Å²) in [6, 6.07) is 0. The number of alkyl halides is 7. The molecule has 0 heterocycles. The third kappa shape index (κ3) is 2.27. The standard InChI is InChI=1S/C7H5F7/c1-2-3-4-5(8,9)6(10,11)7(12,13)14/h2-4H,1H2/b4-3+. The van der Waals surface area contributed by atoms with Crippen LogP contribution in [0.4, 0.5) is 30.7 Å². The third-order valence-electron chi connectivity index (χ3n) is 1.22. The van der Waals surface area contributed by atoms with E-state index in [9.17, 15) is 30.7 Å². The van der Waals surface area contributed by atoms with E-state index < -0.39 is 24.1 Å². The summed E-state index contributed by atoms with van der Waals surface area (Å²) >= 11 is 0. The van der Waals surface area contributed by atoms with Crippen LogP contribution in [0.1, 0.15) is 0 Å². The van der Waals surface area contributed by atoms with Gasteiger partial charge in [0.05, 0.1) is 0 Å². The summed E-state index contributed by atoms with van der Waals surface area (Å²) in [5, 5.41) is 0. The van der Waals surface area contributed by atoms with E-state index in [1.807, 2.05) is 0 Å². The fraction of sp³-hybridized carbons (Fsp3) is 0.429. The number of hydrogen-bond acceptors (Lipinski definition) is 0. The molecule has 7 heteroatoms. The van der Waals surface area contributed by atoms with Crippen molar-refractivity contribution in [2.24, 2.45) is 0 Å². The average Bonchev–Trinajstić information content (AvgIpc) is 1.98. The van der Waals surface area contributed by atoms with Gasteiger partial charge in [-0.1, -0.05) is 18.7 Å². The fourth-order valence-electron chi connectivity index (χ4n) is 0.483. The second kappa shape index (κ2) is 3.62. The molecule has 0 radical (unpaired) electrons. The van der Waals surface area contributed by atoms with Crippen molar-refractivity contribution in [3.8, 4) is 0 Å². The second-order valence-corrected chi connectivity index (χ2v) is 2.29. The van der Waals surface area contributed by atoms with Gasteiger partial charge in [0.2, 0.25) is 0 Å². The van der Waals surface area contributed by atoms with Crippen LogP contribution >= 0.6 is 0 Å². The SMILES string of the molecule is C=C/C=C/C(F)(F)C(F)(F)C(F)(F)F. The van der Waals surface area contributed by atoms with Crippen LogP contribution in [0.15, 0.2) is 24.8 Å². The van der Waals surface area contributed by atoms with Crippen molar-refractivity contribution in [1.29, 1.82) is 0 Å². The predicted molar refractivity (Wildman–Crippen MR) is 35.3 cm³/mol. The number of allylic oxidation sites excluding steroid dienone is 3. The Labute approximate surface area is 74.7 Å². The Hall–Kier alpha value is -1.01. The van der Waals surface area contributed by atoms with E-state index in [2.05, 4.69) is 6.58 Å². The minimum Gasteiger partial charge on any atom is -0.195 e. The van der Waals surface area contributed by atoms with Crippen molar-refractivity contribution < 1.29 is 30.7 Å². The van der Waals surface area contributed by atoms with Crippen molar-refractivity contribution in [2.75, 3.05) is 0 Å². The molecule has 0 nitrogen and oxygen atoms in total. The molecule has 0 spiro atoms. The number of rotatable bonds is 3. The molecule has 82 valence electrons. The van der Waals surface area contributed by atoms with Crippen LogP contribution in [0.5, 0.6) is 0 Å². The maximum absolute atomic E-state index is 12.3. The lowest BCUT2D eigenvalue weighted by Gasteiger charge is -2.25. The van der Waals surface area contributed by atoms with Crippen LogP contribution in [-0.4, -0.2) is 18.0 Å². The Balaban J connectivity index is 5.06. The molecule has 0 bridgehead atoms. The Bertz CT molecular complexity index is 235. The quantitative estimate of drug-likeness (QED) is 0.505. The Morgan fingerprint density at radius 3 is 1.57 bits per heavy atom. The first kappa shape index (κ1) is 13.0. The van der Waals surface area contributed by atoms with Gasteiger partial charge in [-0.05, 0) is 6.08 Å². The van der Waals surface area contributed by atoms with E-state index in [1.54, 1.807) is 0 Å². The smallest absolute Gasteiger partial charge is 0.195 e. The molecule has 0 N–H and O–H groups in total. The molecule has 0 aromatic heterocycles. The molecule has 0 aliphatic heterocycles. The zero-order chi connectivity index (χ0) is 11.6. The van der Waals surface area contributed by atoms with E-state index in [0.29, 0.717) is 12.2 Å². The van der Waals surface area contributed by atoms with E-state index >= 15 is 0 Å². The first-order valence-electron chi connectivity index (χ1n) is 3.19. The van der Waals surface area contributed by atoms with Crippen molar-refractivity contribution in [3.05, 3.63) is 24.8 Å². The monoisotopic (exact) mass is 222 g/mol. The van der Waals surface area contributed by atoms with E-state index in [-0.39, 0.29) is 0 Å². The maximum Gasteiger partial charge on any atom is 0.460 e. The molecule has 0 aromatic carbocycles. The highest BCUT2D eigenvalue weighted by Gasteiger charge is 2.71. The van der Waals surface area contributed by atoms with Crippen molar-refractivity contribution in [2.45, 2.75) is 18.0 Å². The van der Waals surface area contributed by atoms with Crippen LogP contribution < -0.4 is 0 Å². The van der Waals surface area contributed by atoms with Crippen molar-refractivity contribution in [3.63, 3.8) is 0 Å². The highest BCUT2D eigenvalue weighted by atomic mass is 19.4. The summed E-state index contributed by atoms with van der Waals surface area (Å²) in [6.07, 6.45) is -5.85. The van der Waals surface area contributed by atoms with Gasteiger partial charge in [-0.3, -0.25) is 0 Å². The molecule has 0 aromatic rings. The van der Waals surface area contributed by atoms with Gasteiger partial charge in [0.15, 0.2) is 0 Å². The van der Waals surface area contributed by atoms with Crippen LogP contribution in [-0.2, 0) is 0 Å². The molecule has 0 amide bonds. The lowest BCUT2D eigenvalue weighted by molar-refractivity contribution is -0.341. The summed E-state index contributed by atoms with van der Waals surface area (Å²) in [7, 11) is 0. The van der Waals surface area contributed by atoms with Crippen molar-refractivity contribution in [1.82, 2.24) is 0 Å². The van der Waals surface area contributed by atoms with E-state index in [1.165, 1.54) is 0 Å². The summed E-state index contributed by atoms with van der Waals surface area (Å²) in [5.74, 6) is -11.4. The molecule has 0 saturated heterocycles. The summed E-state index contributed by atoms with van der Waals surface area (Å²) < 4.78 is 83.1. The Kier molecular flexibility index (Phi) is 3.36. The normalized spacial score (nSPS) is 14.8. The fourth-order valence-corrected chi connectivity index (χ4v) is 0.483. The van der Waals surface area contributed by atoms with Crippen LogP contribution in [0, 0.1) is 0 Å². The van der Waals surface area contributed by atoms with Crippen LogP contribution in [0.3, 0.4) is 0 Å². The summed E-state index contributed by atoms with van der Waals surface area (Å²) in [6.45, 7) is 2.86. The zero-order valence-corrected chi connectivity index (χ0v) is 6.58.